The Hall–Kier alpha value is 0.580. The molecule has 0 aromatic rings. The van der Waals surface area contributed by atoms with Crippen LogP contribution in [0.5, 0.6) is 0 Å². The Balaban J connectivity index is 4.48. The molecule has 0 spiro atoms. The van der Waals surface area contributed by atoms with Crippen molar-refractivity contribution >= 4 is 39.9 Å². The number of hydrogen-bond donors (Lipinski definition) is 0. The van der Waals surface area contributed by atoms with Crippen molar-refractivity contribution in [2.24, 2.45) is 0 Å². The van der Waals surface area contributed by atoms with Crippen LogP contribution in [-0.2, 0) is 4.57 Å². The smallest absolute Gasteiger partial charge is 0.276 e. The van der Waals surface area contributed by atoms with E-state index >= 15 is 0 Å². The Kier molecular flexibility index (Phi) is 4.81. The van der Waals surface area contributed by atoms with Gasteiger partial charge in [0.2, 0.25) is 0 Å². The Morgan fingerprint density at radius 2 is 2.09 bits per heavy atom. The first-order valence-corrected chi connectivity index (χ1v) is 6.88. The van der Waals surface area contributed by atoms with Crippen molar-refractivity contribution in [2.45, 2.75) is 13.3 Å². The van der Waals surface area contributed by atoms with E-state index in [-0.39, 0.29) is 5.03 Å². The van der Waals surface area contributed by atoms with Gasteiger partial charge in [-0.25, -0.2) is 0 Å². The highest BCUT2D eigenvalue weighted by Gasteiger charge is 2.11. The number of halogens is 3. The number of rotatable bonds is 3. The Morgan fingerprint density at radius 1 is 1.64 bits per heavy atom. The summed E-state index contributed by atoms with van der Waals surface area (Å²) in [6, 6.07) is 0. The van der Waals surface area contributed by atoms with Gasteiger partial charge in [-0.3, -0.25) is 4.57 Å². The van der Waals surface area contributed by atoms with E-state index in [1.807, 2.05) is 6.92 Å². The first-order chi connectivity index (χ1) is 4.87. The molecule has 0 atom stereocenters. The van der Waals surface area contributed by atoms with Crippen LogP contribution in [0.4, 0.5) is 0 Å². The van der Waals surface area contributed by atoms with E-state index in [0.717, 1.165) is 5.82 Å². The summed E-state index contributed by atoms with van der Waals surface area (Å²) in [6.07, 6.45) is 0.684. The topological polar surface area (TPSA) is 17.1 Å². The maximum Gasteiger partial charge on any atom is 0.276 e. The molecular formula is C6H8Cl3OP. The molecule has 0 aliphatic carbocycles. The van der Waals surface area contributed by atoms with Crippen LogP contribution in [0, 0.1) is 0 Å². The minimum atomic E-state index is -3.20. The van der Waals surface area contributed by atoms with Crippen LogP contribution in [0.2, 0.25) is 0 Å². The second kappa shape index (κ2) is 4.57. The lowest BCUT2D eigenvalue weighted by atomic mass is 10.2. The van der Waals surface area contributed by atoms with Gasteiger partial charge in [-0.05, 0) is 34.5 Å². The van der Waals surface area contributed by atoms with Crippen molar-refractivity contribution in [3.8, 4) is 0 Å². The standard InChI is InChI=1S/C6H8Cl3OP/c1-3-5(2)6(7)4-11(8,9)10/h4H,2-3H2,1H3/b6-4+. The molecule has 0 aromatic heterocycles. The fourth-order valence-electron chi connectivity index (χ4n) is 0.392. The van der Waals surface area contributed by atoms with E-state index in [1.165, 1.54) is 0 Å². The molecule has 0 rings (SSSR count). The Bertz CT molecular complexity index is 228. The van der Waals surface area contributed by atoms with E-state index in [2.05, 4.69) is 6.58 Å². The van der Waals surface area contributed by atoms with Gasteiger partial charge in [0.15, 0.2) is 0 Å². The second-order valence-corrected chi connectivity index (χ2v) is 7.14. The summed E-state index contributed by atoms with van der Waals surface area (Å²) >= 11 is 16.1. The van der Waals surface area contributed by atoms with Crippen molar-refractivity contribution < 1.29 is 4.57 Å². The van der Waals surface area contributed by atoms with Crippen LogP contribution in [0.1, 0.15) is 13.3 Å². The summed E-state index contributed by atoms with van der Waals surface area (Å²) in [5.74, 6) is -2.07. The van der Waals surface area contributed by atoms with E-state index < -0.39 is 5.85 Å². The van der Waals surface area contributed by atoms with Gasteiger partial charge in [-0.15, -0.1) is 0 Å². The third kappa shape index (κ3) is 5.81. The van der Waals surface area contributed by atoms with Crippen LogP contribution in [-0.4, -0.2) is 0 Å². The van der Waals surface area contributed by atoms with Crippen molar-refractivity contribution in [3.63, 3.8) is 0 Å². The monoisotopic (exact) mass is 232 g/mol. The van der Waals surface area contributed by atoms with E-state index in [4.69, 9.17) is 34.1 Å². The van der Waals surface area contributed by atoms with Crippen molar-refractivity contribution in [1.29, 1.82) is 0 Å². The van der Waals surface area contributed by atoms with Crippen molar-refractivity contribution in [2.75, 3.05) is 0 Å². The lowest BCUT2D eigenvalue weighted by Gasteiger charge is -1.99. The molecule has 0 bridgehead atoms. The van der Waals surface area contributed by atoms with Gasteiger partial charge in [0.25, 0.3) is 5.85 Å². The number of allylic oxidation sites excluding steroid dienone is 2. The summed E-state index contributed by atoms with van der Waals surface area (Å²) in [7, 11) is 0. The normalized spacial score (nSPS) is 13.3. The molecule has 64 valence electrons. The van der Waals surface area contributed by atoms with Gasteiger partial charge in [-0.2, -0.15) is 0 Å². The van der Waals surface area contributed by atoms with Gasteiger partial charge in [0.1, 0.15) is 0 Å². The first-order valence-electron chi connectivity index (χ1n) is 2.92. The third-order valence-corrected chi connectivity index (χ3v) is 2.70. The average Bonchev–Trinajstić information content (AvgIpc) is 1.82. The minimum absolute atomic E-state index is 0.279. The molecule has 0 aliphatic heterocycles. The Morgan fingerprint density at radius 3 is 2.36 bits per heavy atom. The van der Waals surface area contributed by atoms with Gasteiger partial charge >= 0.3 is 0 Å². The summed E-state index contributed by atoms with van der Waals surface area (Å²) in [5.41, 5.74) is 0.674. The molecular weight excluding hydrogens is 225 g/mol. The molecule has 0 heterocycles. The molecule has 0 N–H and O–H groups in total. The molecule has 0 unspecified atom stereocenters. The molecule has 0 radical (unpaired) electrons. The maximum absolute atomic E-state index is 10.8. The van der Waals surface area contributed by atoms with E-state index in [0.29, 0.717) is 12.0 Å². The van der Waals surface area contributed by atoms with E-state index in [1.54, 1.807) is 0 Å². The molecule has 1 nitrogen and oxygen atoms in total. The molecule has 0 saturated heterocycles. The lowest BCUT2D eigenvalue weighted by molar-refractivity contribution is 0.597. The largest absolute Gasteiger partial charge is 0.285 e. The SMILES string of the molecule is C=C(CC)/C(Cl)=C\P(=O)(Cl)Cl. The van der Waals surface area contributed by atoms with E-state index in [9.17, 15) is 4.57 Å². The molecule has 0 saturated carbocycles. The molecule has 0 aromatic carbocycles. The molecule has 0 fully saturated rings. The lowest BCUT2D eigenvalue weighted by Crippen LogP contribution is -1.75. The zero-order valence-corrected chi connectivity index (χ0v) is 9.14. The highest BCUT2D eigenvalue weighted by Crippen LogP contribution is 2.59. The third-order valence-electron chi connectivity index (χ3n) is 1.03. The Labute approximate surface area is 81.0 Å². The molecule has 5 heteroatoms. The van der Waals surface area contributed by atoms with Gasteiger partial charge in [0, 0.05) is 10.8 Å². The van der Waals surface area contributed by atoms with Crippen LogP contribution < -0.4 is 0 Å². The van der Waals surface area contributed by atoms with Gasteiger partial charge in [0.05, 0.1) is 0 Å². The molecule has 0 amide bonds. The average molecular weight is 233 g/mol. The van der Waals surface area contributed by atoms with Crippen LogP contribution >= 0.6 is 39.9 Å². The van der Waals surface area contributed by atoms with Gasteiger partial charge < -0.3 is 0 Å². The highest BCUT2D eigenvalue weighted by atomic mass is 35.9. The second-order valence-electron chi connectivity index (χ2n) is 1.94. The first kappa shape index (κ1) is 11.6. The fourth-order valence-corrected chi connectivity index (χ4v) is 2.27. The maximum atomic E-state index is 10.8. The fraction of sp³-hybridized carbons (Fsp3) is 0.333. The quantitative estimate of drug-likeness (QED) is 0.510. The number of hydrogen-bond acceptors (Lipinski definition) is 1. The highest BCUT2D eigenvalue weighted by molar-refractivity contribution is 8.10. The predicted molar refractivity (Wildman–Crippen MR) is 52.7 cm³/mol. The van der Waals surface area contributed by atoms with Crippen molar-refractivity contribution in [3.05, 3.63) is 23.0 Å². The summed E-state index contributed by atoms with van der Waals surface area (Å²) in [6.45, 7) is 5.50. The van der Waals surface area contributed by atoms with Crippen LogP contribution in [0.15, 0.2) is 23.0 Å². The zero-order valence-electron chi connectivity index (χ0n) is 5.98. The minimum Gasteiger partial charge on any atom is -0.285 e. The van der Waals surface area contributed by atoms with Crippen LogP contribution in [0.3, 0.4) is 0 Å². The summed E-state index contributed by atoms with van der Waals surface area (Å²) in [5, 5.41) is 0.279. The zero-order chi connectivity index (χ0) is 9.07. The summed E-state index contributed by atoms with van der Waals surface area (Å²) < 4.78 is 10.8. The van der Waals surface area contributed by atoms with Gasteiger partial charge in [-0.1, -0.05) is 25.1 Å². The molecule has 11 heavy (non-hydrogen) atoms. The molecule has 0 aliphatic rings. The predicted octanol–water partition coefficient (Wildman–Crippen LogP) is 4.70. The summed E-state index contributed by atoms with van der Waals surface area (Å²) in [4.78, 5) is 0. The van der Waals surface area contributed by atoms with Crippen molar-refractivity contribution in [1.82, 2.24) is 0 Å². The van der Waals surface area contributed by atoms with Crippen LogP contribution in [0.25, 0.3) is 0 Å².